The third-order valence-electron chi connectivity index (χ3n) is 3.56. The van der Waals surface area contributed by atoms with Crippen LogP contribution < -0.4 is 0 Å². The number of hydrogen-bond donors (Lipinski definition) is 0. The van der Waals surface area contributed by atoms with Gasteiger partial charge in [0.1, 0.15) is 0 Å². The second-order valence-corrected chi connectivity index (χ2v) is 4.77. The molecule has 0 saturated heterocycles. The number of rotatable bonds is 2. The molecule has 1 aliphatic rings. The van der Waals surface area contributed by atoms with E-state index in [9.17, 15) is 9.59 Å². The molecule has 2 aromatic heterocycles. The van der Waals surface area contributed by atoms with Gasteiger partial charge in [0.25, 0.3) is 5.91 Å². The van der Waals surface area contributed by atoms with Gasteiger partial charge in [-0.15, -0.1) is 0 Å². The van der Waals surface area contributed by atoms with Crippen LogP contribution in [-0.4, -0.2) is 35.4 Å². The van der Waals surface area contributed by atoms with Gasteiger partial charge < -0.3 is 14.1 Å². The molecule has 3 heterocycles. The van der Waals surface area contributed by atoms with Crippen molar-refractivity contribution in [2.45, 2.75) is 13.0 Å². The number of hydrogen-bond acceptors (Lipinski definition) is 5. The van der Waals surface area contributed by atoms with Gasteiger partial charge in [-0.1, -0.05) is 0 Å². The lowest BCUT2D eigenvalue weighted by atomic mass is 9.97. The number of aromatic nitrogens is 1. The van der Waals surface area contributed by atoms with E-state index < -0.39 is 5.97 Å². The van der Waals surface area contributed by atoms with Crippen LogP contribution in [0.3, 0.4) is 0 Å². The van der Waals surface area contributed by atoms with E-state index in [2.05, 4.69) is 4.98 Å². The number of ether oxygens (including phenoxy) is 1. The molecule has 1 amide bonds. The molecular weight excluding hydrogens is 272 g/mol. The van der Waals surface area contributed by atoms with Crippen LogP contribution in [0, 0.1) is 0 Å². The Morgan fingerprint density at radius 2 is 2.24 bits per heavy atom. The Labute approximate surface area is 121 Å². The van der Waals surface area contributed by atoms with Gasteiger partial charge in [-0.25, -0.2) is 4.79 Å². The highest BCUT2D eigenvalue weighted by Crippen LogP contribution is 2.23. The Morgan fingerprint density at radius 1 is 1.38 bits per heavy atom. The molecule has 108 valence electrons. The Morgan fingerprint density at radius 3 is 2.95 bits per heavy atom. The summed E-state index contributed by atoms with van der Waals surface area (Å²) >= 11 is 0. The maximum Gasteiger partial charge on any atom is 0.339 e. The van der Waals surface area contributed by atoms with Crippen molar-refractivity contribution in [1.82, 2.24) is 9.88 Å². The lowest BCUT2D eigenvalue weighted by Crippen LogP contribution is -2.36. The van der Waals surface area contributed by atoms with E-state index in [-0.39, 0.29) is 5.91 Å². The van der Waals surface area contributed by atoms with Crippen molar-refractivity contribution in [3.05, 3.63) is 53.2 Å². The van der Waals surface area contributed by atoms with Gasteiger partial charge in [0.05, 0.1) is 18.9 Å². The van der Waals surface area contributed by atoms with Gasteiger partial charge in [-0.3, -0.25) is 9.78 Å². The molecule has 0 aromatic carbocycles. The van der Waals surface area contributed by atoms with Gasteiger partial charge in [0.2, 0.25) is 0 Å². The lowest BCUT2D eigenvalue weighted by molar-refractivity contribution is 0.0597. The fraction of sp³-hybridized carbons (Fsp3) is 0.267. The third-order valence-corrected chi connectivity index (χ3v) is 3.56. The van der Waals surface area contributed by atoms with Crippen LogP contribution in [0.1, 0.15) is 32.0 Å². The highest BCUT2D eigenvalue weighted by atomic mass is 16.5. The minimum Gasteiger partial charge on any atom is -0.465 e. The number of esters is 1. The van der Waals surface area contributed by atoms with Crippen molar-refractivity contribution in [2.24, 2.45) is 0 Å². The molecule has 0 saturated carbocycles. The molecule has 0 aliphatic carbocycles. The predicted octanol–water partition coefficient (Wildman–Crippen LogP) is 1.66. The molecule has 0 bridgehead atoms. The third kappa shape index (κ3) is 2.40. The van der Waals surface area contributed by atoms with Gasteiger partial charge in [-0.05, 0) is 29.7 Å². The highest BCUT2D eigenvalue weighted by molar-refractivity contribution is 5.93. The summed E-state index contributed by atoms with van der Waals surface area (Å²) in [5, 5.41) is 0. The monoisotopic (exact) mass is 286 g/mol. The van der Waals surface area contributed by atoms with Crippen LogP contribution in [0.5, 0.6) is 0 Å². The van der Waals surface area contributed by atoms with Crippen LogP contribution >= 0.6 is 0 Å². The molecule has 6 heteroatoms. The average molecular weight is 286 g/mol. The van der Waals surface area contributed by atoms with Gasteiger partial charge in [0.15, 0.2) is 5.76 Å². The zero-order valence-corrected chi connectivity index (χ0v) is 11.5. The topological polar surface area (TPSA) is 72.6 Å². The van der Waals surface area contributed by atoms with Crippen molar-refractivity contribution in [1.29, 1.82) is 0 Å². The molecule has 0 N–H and O–H groups in total. The number of pyridine rings is 1. The van der Waals surface area contributed by atoms with Gasteiger partial charge in [-0.2, -0.15) is 0 Å². The van der Waals surface area contributed by atoms with E-state index in [1.54, 1.807) is 23.2 Å². The summed E-state index contributed by atoms with van der Waals surface area (Å²) in [6, 6.07) is 3.32. The minimum absolute atomic E-state index is 0.158. The van der Waals surface area contributed by atoms with Crippen LogP contribution in [-0.2, 0) is 17.7 Å². The first kappa shape index (κ1) is 13.4. The van der Waals surface area contributed by atoms with E-state index in [4.69, 9.17) is 9.15 Å². The van der Waals surface area contributed by atoms with Gasteiger partial charge >= 0.3 is 5.97 Å². The first-order valence-electron chi connectivity index (χ1n) is 6.57. The second-order valence-electron chi connectivity index (χ2n) is 4.77. The molecule has 6 nitrogen and oxygen atoms in total. The molecule has 0 unspecified atom stereocenters. The van der Waals surface area contributed by atoms with E-state index in [0.717, 1.165) is 11.1 Å². The standard InChI is InChI=1S/C15H14N2O4/c1-20-15(19)12-8-16-7-10-9-17(5-4-11(10)12)14(18)13-3-2-6-21-13/h2-3,6-8H,4-5,9H2,1H3. The van der Waals surface area contributed by atoms with E-state index in [1.165, 1.54) is 19.6 Å². The Kier molecular flexibility index (Phi) is 3.43. The number of fused-ring (bicyclic) bond motifs is 1. The van der Waals surface area contributed by atoms with Crippen molar-refractivity contribution < 1.29 is 18.7 Å². The zero-order valence-electron chi connectivity index (χ0n) is 11.5. The summed E-state index contributed by atoms with van der Waals surface area (Å²) in [6.07, 6.45) is 5.26. The Hall–Kier alpha value is -2.63. The number of nitrogens with zero attached hydrogens (tertiary/aromatic N) is 2. The molecule has 0 radical (unpaired) electrons. The van der Waals surface area contributed by atoms with E-state index >= 15 is 0 Å². The number of furan rings is 1. The van der Waals surface area contributed by atoms with Crippen LogP contribution in [0.4, 0.5) is 0 Å². The minimum atomic E-state index is -0.398. The zero-order chi connectivity index (χ0) is 14.8. The maximum atomic E-state index is 12.3. The summed E-state index contributed by atoms with van der Waals surface area (Å²) < 4.78 is 9.90. The van der Waals surface area contributed by atoms with Crippen molar-refractivity contribution >= 4 is 11.9 Å². The van der Waals surface area contributed by atoms with Crippen molar-refractivity contribution in [3.63, 3.8) is 0 Å². The summed E-state index contributed by atoms with van der Waals surface area (Å²) in [6.45, 7) is 0.938. The number of carbonyl (C=O) groups excluding carboxylic acids is 2. The molecule has 3 rings (SSSR count). The Bertz CT molecular complexity index is 679. The van der Waals surface area contributed by atoms with Crippen molar-refractivity contribution in [3.8, 4) is 0 Å². The fourth-order valence-corrected chi connectivity index (χ4v) is 2.51. The summed E-state index contributed by atoms with van der Waals surface area (Å²) in [5.41, 5.74) is 2.24. The first-order valence-corrected chi connectivity index (χ1v) is 6.57. The summed E-state index contributed by atoms with van der Waals surface area (Å²) in [5.74, 6) is -0.241. The quantitative estimate of drug-likeness (QED) is 0.785. The average Bonchev–Trinajstić information content (AvgIpc) is 3.06. The number of methoxy groups -OCH3 is 1. The van der Waals surface area contributed by atoms with Gasteiger partial charge in [0, 0.05) is 25.5 Å². The molecular formula is C15H14N2O4. The molecule has 2 aromatic rings. The molecule has 0 atom stereocenters. The Balaban J connectivity index is 1.87. The van der Waals surface area contributed by atoms with Crippen molar-refractivity contribution in [2.75, 3.05) is 13.7 Å². The van der Waals surface area contributed by atoms with E-state index in [1.807, 2.05) is 0 Å². The number of amides is 1. The first-order chi connectivity index (χ1) is 10.2. The molecule has 0 fully saturated rings. The van der Waals surface area contributed by atoms with Crippen LogP contribution in [0.25, 0.3) is 0 Å². The molecule has 1 aliphatic heterocycles. The summed E-state index contributed by atoms with van der Waals surface area (Å²) in [4.78, 5) is 29.7. The lowest BCUT2D eigenvalue weighted by Gasteiger charge is -2.28. The molecule has 0 spiro atoms. The smallest absolute Gasteiger partial charge is 0.339 e. The fourth-order valence-electron chi connectivity index (χ4n) is 2.51. The highest BCUT2D eigenvalue weighted by Gasteiger charge is 2.26. The number of carbonyl (C=O) groups is 2. The molecule has 21 heavy (non-hydrogen) atoms. The predicted molar refractivity (Wildman–Crippen MR) is 72.7 cm³/mol. The van der Waals surface area contributed by atoms with Crippen LogP contribution in [0.2, 0.25) is 0 Å². The maximum absolute atomic E-state index is 12.3. The second kappa shape index (κ2) is 5.40. The SMILES string of the molecule is COC(=O)c1cncc2c1CCN(C(=O)c1ccco1)C2. The van der Waals surface area contributed by atoms with E-state index in [0.29, 0.717) is 30.8 Å². The normalized spacial score (nSPS) is 13.7. The van der Waals surface area contributed by atoms with Crippen LogP contribution in [0.15, 0.2) is 35.2 Å². The largest absolute Gasteiger partial charge is 0.465 e. The summed E-state index contributed by atoms with van der Waals surface area (Å²) in [7, 11) is 1.34.